The lowest BCUT2D eigenvalue weighted by Gasteiger charge is -2.30. The molecule has 0 saturated carbocycles. The summed E-state index contributed by atoms with van der Waals surface area (Å²) in [6.45, 7) is 7.97. The summed E-state index contributed by atoms with van der Waals surface area (Å²) < 4.78 is 25.6. The molecule has 118 valence electrons. The van der Waals surface area contributed by atoms with Gasteiger partial charge in [-0.25, -0.2) is 8.42 Å². The molecule has 0 aliphatic heterocycles. The predicted octanol–water partition coefficient (Wildman–Crippen LogP) is 1.98. The molecule has 1 N–H and O–H groups in total. The van der Waals surface area contributed by atoms with Crippen LogP contribution in [0.15, 0.2) is 18.2 Å². The maximum absolute atomic E-state index is 12.2. The maximum Gasteiger partial charge on any atom is 0.243 e. The van der Waals surface area contributed by atoms with Gasteiger partial charge in [0.1, 0.15) is 6.04 Å². The molecule has 0 spiro atoms. The molecule has 1 unspecified atom stereocenters. The first-order valence-electron chi connectivity index (χ1n) is 7.06. The second-order valence-electron chi connectivity index (χ2n) is 5.15. The van der Waals surface area contributed by atoms with Gasteiger partial charge in [-0.2, -0.15) is 0 Å². The highest BCUT2D eigenvalue weighted by molar-refractivity contribution is 7.92. The quantitative estimate of drug-likeness (QED) is 0.873. The Labute approximate surface area is 127 Å². The zero-order valence-electron chi connectivity index (χ0n) is 13.3. The van der Waals surface area contributed by atoms with Gasteiger partial charge in [0, 0.05) is 6.54 Å². The molecule has 1 aromatic carbocycles. The molecule has 0 aliphatic carbocycles. The summed E-state index contributed by atoms with van der Waals surface area (Å²) in [6, 6.07) is 4.68. The first-order valence-corrected chi connectivity index (χ1v) is 8.91. The molecule has 6 heteroatoms. The van der Waals surface area contributed by atoms with Crippen LogP contribution >= 0.6 is 0 Å². The van der Waals surface area contributed by atoms with Crippen LogP contribution in [-0.4, -0.2) is 33.2 Å². The fraction of sp³-hybridized carbons (Fsp3) is 0.533. The smallest absolute Gasteiger partial charge is 0.243 e. The number of carbonyl (C=O) groups excluding carboxylic acids is 1. The normalized spacial score (nSPS) is 12.8. The Morgan fingerprint density at radius 2 is 1.86 bits per heavy atom. The average Bonchev–Trinajstić information content (AvgIpc) is 2.38. The molecule has 5 nitrogen and oxygen atoms in total. The lowest BCUT2D eigenvalue weighted by atomic mass is 10.1. The third-order valence-electron chi connectivity index (χ3n) is 3.43. The minimum atomic E-state index is -3.55. The number of likely N-dealkylation sites (N-methyl/N-ethyl adjacent to an activating group) is 1. The predicted molar refractivity (Wildman–Crippen MR) is 86.0 cm³/mol. The molecule has 1 amide bonds. The van der Waals surface area contributed by atoms with Crippen LogP contribution in [0.4, 0.5) is 5.69 Å². The summed E-state index contributed by atoms with van der Waals surface area (Å²) in [4.78, 5) is 12.2. The lowest BCUT2D eigenvalue weighted by molar-refractivity contribution is -0.122. The monoisotopic (exact) mass is 312 g/mol. The van der Waals surface area contributed by atoms with Gasteiger partial charge in [-0.3, -0.25) is 9.10 Å². The summed E-state index contributed by atoms with van der Waals surface area (Å²) >= 11 is 0. The summed E-state index contributed by atoms with van der Waals surface area (Å²) in [5.74, 6) is -0.274. The first kappa shape index (κ1) is 17.5. The van der Waals surface area contributed by atoms with Gasteiger partial charge in [-0.1, -0.05) is 13.0 Å². The van der Waals surface area contributed by atoms with Crippen LogP contribution in [0.2, 0.25) is 0 Å². The van der Waals surface area contributed by atoms with E-state index in [2.05, 4.69) is 5.32 Å². The van der Waals surface area contributed by atoms with E-state index in [0.717, 1.165) is 17.4 Å². The zero-order valence-corrected chi connectivity index (χ0v) is 14.1. The highest BCUT2D eigenvalue weighted by Gasteiger charge is 2.31. The van der Waals surface area contributed by atoms with Crippen LogP contribution in [0.25, 0.3) is 0 Å². The third kappa shape index (κ3) is 4.20. The summed E-state index contributed by atoms with van der Waals surface area (Å²) in [5.41, 5.74) is 2.60. The molecule has 0 radical (unpaired) electrons. The number of nitrogens with zero attached hydrogens (tertiary/aromatic N) is 1. The van der Waals surface area contributed by atoms with Crippen LogP contribution in [0.1, 0.15) is 31.4 Å². The molecule has 1 aromatic rings. The van der Waals surface area contributed by atoms with Crippen LogP contribution in [0.5, 0.6) is 0 Å². The number of carbonyl (C=O) groups is 1. The van der Waals surface area contributed by atoms with Crippen LogP contribution in [0.3, 0.4) is 0 Å². The van der Waals surface area contributed by atoms with E-state index in [1.807, 2.05) is 26.8 Å². The van der Waals surface area contributed by atoms with E-state index in [0.29, 0.717) is 18.7 Å². The zero-order chi connectivity index (χ0) is 16.2. The van der Waals surface area contributed by atoms with Crippen molar-refractivity contribution in [1.29, 1.82) is 0 Å². The Morgan fingerprint density at radius 3 is 2.29 bits per heavy atom. The van der Waals surface area contributed by atoms with Crippen molar-refractivity contribution in [3.8, 4) is 0 Å². The van der Waals surface area contributed by atoms with Crippen molar-refractivity contribution in [3.63, 3.8) is 0 Å². The second-order valence-corrected chi connectivity index (χ2v) is 7.01. The number of anilines is 1. The maximum atomic E-state index is 12.2. The van der Waals surface area contributed by atoms with Crippen molar-refractivity contribution in [2.45, 2.75) is 40.2 Å². The Hall–Kier alpha value is -1.56. The molecule has 0 aromatic heterocycles. The third-order valence-corrected chi connectivity index (χ3v) is 4.61. The van der Waals surface area contributed by atoms with Crippen molar-refractivity contribution in [2.75, 3.05) is 17.1 Å². The molecule has 0 aliphatic rings. The molecule has 0 fully saturated rings. The first-order chi connectivity index (χ1) is 9.72. The molecular weight excluding hydrogens is 288 g/mol. The van der Waals surface area contributed by atoms with Crippen molar-refractivity contribution < 1.29 is 13.2 Å². The minimum Gasteiger partial charge on any atom is -0.355 e. The van der Waals surface area contributed by atoms with E-state index >= 15 is 0 Å². The van der Waals surface area contributed by atoms with Gasteiger partial charge >= 0.3 is 0 Å². The van der Waals surface area contributed by atoms with E-state index in [1.165, 1.54) is 4.31 Å². The Morgan fingerprint density at radius 1 is 1.24 bits per heavy atom. The second kappa shape index (κ2) is 6.93. The Kier molecular flexibility index (Phi) is 5.78. The molecule has 0 heterocycles. The number of hydrogen-bond donors (Lipinski definition) is 1. The molecule has 21 heavy (non-hydrogen) atoms. The number of hydrogen-bond acceptors (Lipinski definition) is 3. The van der Waals surface area contributed by atoms with Gasteiger partial charge < -0.3 is 5.32 Å². The van der Waals surface area contributed by atoms with E-state index in [-0.39, 0.29) is 5.91 Å². The highest BCUT2D eigenvalue weighted by atomic mass is 32.2. The molecule has 1 rings (SSSR count). The lowest BCUT2D eigenvalue weighted by Crippen LogP contribution is -2.49. The fourth-order valence-corrected chi connectivity index (χ4v) is 3.42. The summed E-state index contributed by atoms with van der Waals surface area (Å²) in [6.07, 6.45) is 1.54. The van der Waals surface area contributed by atoms with Gasteiger partial charge in [0.25, 0.3) is 0 Å². The SMILES string of the molecule is CCNC(=O)C(CC)N(c1ccc(C)c(C)c1)S(C)(=O)=O. The van der Waals surface area contributed by atoms with Gasteiger partial charge in [0.2, 0.25) is 15.9 Å². The van der Waals surface area contributed by atoms with Crippen LogP contribution < -0.4 is 9.62 Å². The average molecular weight is 312 g/mol. The molecule has 0 saturated heterocycles. The summed E-state index contributed by atoms with van der Waals surface area (Å²) in [5, 5.41) is 2.70. The van der Waals surface area contributed by atoms with Crippen molar-refractivity contribution in [3.05, 3.63) is 29.3 Å². The van der Waals surface area contributed by atoms with Crippen molar-refractivity contribution in [2.24, 2.45) is 0 Å². The van der Waals surface area contributed by atoms with E-state index < -0.39 is 16.1 Å². The van der Waals surface area contributed by atoms with Crippen molar-refractivity contribution >= 4 is 21.6 Å². The Bertz CT molecular complexity index is 611. The fourth-order valence-electron chi connectivity index (χ4n) is 2.21. The molecule has 1 atom stereocenters. The van der Waals surface area contributed by atoms with E-state index in [9.17, 15) is 13.2 Å². The van der Waals surface area contributed by atoms with E-state index in [4.69, 9.17) is 0 Å². The molecular formula is C15H24N2O3S. The minimum absolute atomic E-state index is 0.274. The van der Waals surface area contributed by atoms with Gasteiger partial charge in [-0.15, -0.1) is 0 Å². The van der Waals surface area contributed by atoms with Crippen LogP contribution in [0, 0.1) is 13.8 Å². The van der Waals surface area contributed by atoms with E-state index in [1.54, 1.807) is 19.1 Å². The standard InChI is InChI=1S/C15H24N2O3S/c1-6-14(15(18)16-7-2)17(21(5,19)20)13-9-8-11(3)12(4)10-13/h8-10,14H,6-7H2,1-5H3,(H,16,18). The number of aryl methyl sites for hydroxylation is 2. The summed E-state index contributed by atoms with van der Waals surface area (Å²) in [7, 11) is -3.55. The number of benzene rings is 1. The van der Waals surface area contributed by atoms with Crippen molar-refractivity contribution in [1.82, 2.24) is 5.32 Å². The number of rotatable bonds is 6. The number of nitrogens with one attached hydrogen (secondary N) is 1. The number of sulfonamides is 1. The largest absolute Gasteiger partial charge is 0.355 e. The topological polar surface area (TPSA) is 66.5 Å². The van der Waals surface area contributed by atoms with Gasteiger partial charge in [0.15, 0.2) is 0 Å². The number of amides is 1. The van der Waals surface area contributed by atoms with Gasteiger partial charge in [0.05, 0.1) is 11.9 Å². The highest BCUT2D eigenvalue weighted by Crippen LogP contribution is 2.24. The molecule has 0 bridgehead atoms. The Balaban J connectivity index is 3.34. The van der Waals surface area contributed by atoms with Crippen LogP contribution in [-0.2, 0) is 14.8 Å². The van der Waals surface area contributed by atoms with Gasteiger partial charge in [-0.05, 0) is 50.5 Å².